The van der Waals surface area contributed by atoms with E-state index in [0.29, 0.717) is 5.92 Å². The van der Waals surface area contributed by atoms with Crippen LogP contribution in [0.15, 0.2) is 15.9 Å². The lowest BCUT2D eigenvalue weighted by molar-refractivity contribution is 0.204. The second-order valence-corrected chi connectivity index (χ2v) is 7.86. The third-order valence-corrected chi connectivity index (χ3v) is 5.04. The fourth-order valence-corrected chi connectivity index (χ4v) is 3.15. The molecule has 0 saturated carbocycles. The van der Waals surface area contributed by atoms with Crippen LogP contribution >= 0.6 is 27.3 Å². The second-order valence-electron chi connectivity index (χ2n) is 5.40. The highest BCUT2D eigenvalue weighted by atomic mass is 79.9. The summed E-state index contributed by atoms with van der Waals surface area (Å²) in [4.78, 5) is 1.36. The molecule has 1 unspecified atom stereocenters. The average Bonchev–Trinajstić information content (AvgIpc) is 2.66. The molecule has 0 saturated heterocycles. The molecule has 1 heterocycles. The molecule has 0 aromatic carbocycles. The molecular weight excluding hydrogens is 298 g/mol. The predicted octanol–water partition coefficient (Wildman–Crippen LogP) is 3.39. The Bertz CT molecular complexity index is 349. The Hall–Kier alpha value is 0.1000. The van der Waals surface area contributed by atoms with E-state index in [9.17, 15) is 5.11 Å². The molecule has 0 bridgehead atoms. The van der Waals surface area contributed by atoms with E-state index in [2.05, 4.69) is 61.1 Å². The minimum Gasteiger partial charge on any atom is -0.395 e. The Labute approximate surface area is 117 Å². The summed E-state index contributed by atoms with van der Waals surface area (Å²) in [5.41, 5.74) is 0.0962. The van der Waals surface area contributed by atoms with Gasteiger partial charge in [-0.05, 0) is 34.0 Å². The monoisotopic (exact) mass is 319 g/mol. The molecule has 1 aromatic heterocycles. The van der Waals surface area contributed by atoms with Crippen LogP contribution < -0.4 is 5.32 Å². The van der Waals surface area contributed by atoms with Crippen LogP contribution in [-0.2, 0) is 5.41 Å². The van der Waals surface area contributed by atoms with Gasteiger partial charge < -0.3 is 10.4 Å². The Balaban J connectivity index is 2.61. The fourth-order valence-electron chi connectivity index (χ4n) is 1.66. The van der Waals surface area contributed by atoms with E-state index >= 15 is 0 Å². The van der Waals surface area contributed by atoms with Crippen molar-refractivity contribution in [3.05, 3.63) is 20.8 Å². The number of rotatable bonds is 6. The smallest absolute Gasteiger partial charge is 0.0701 e. The van der Waals surface area contributed by atoms with Crippen molar-refractivity contribution < 1.29 is 5.11 Å². The van der Waals surface area contributed by atoms with Crippen molar-refractivity contribution in [2.24, 2.45) is 5.92 Å². The summed E-state index contributed by atoms with van der Waals surface area (Å²) >= 11 is 5.28. The largest absolute Gasteiger partial charge is 0.395 e. The highest BCUT2D eigenvalue weighted by molar-refractivity contribution is 9.11. The van der Waals surface area contributed by atoms with Gasteiger partial charge in [0.1, 0.15) is 0 Å². The maximum atomic E-state index is 9.30. The first-order valence-electron chi connectivity index (χ1n) is 5.97. The van der Waals surface area contributed by atoms with Gasteiger partial charge in [0.25, 0.3) is 0 Å². The first-order chi connectivity index (χ1) is 7.86. The van der Waals surface area contributed by atoms with Gasteiger partial charge in [0, 0.05) is 22.9 Å². The van der Waals surface area contributed by atoms with E-state index in [4.69, 9.17) is 0 Å². The van der Waals surface area contributed by atoms with Crippen LogP contribution in [0.4, 0.5) is 0 Å². The van der Waals surface area contributed by atoms with Crippen molar-refractivity contribution in [3.63, 3.8) is 0 Å². The van der Waals surface area contributed by atoms with Gasteiger partial charge in [-0.1, -0.05) is 27.7 Å². The maximum absolute atomic E-state index is 9.30. The van der Waals surface area contributed by atoms with Crippen molar-refractivity contribution >= 4 is 27.3 Å². The highest BCUT2D eigenvalue weighted by Gasteiger charge is 2.24. The molecule has 4 heteroatoms. The average molecular weight is 320 g/mol. The van der Waals surface area contributed by atoms with Gasteiger partial charge in [0.2, 0.25) is 0 Å². The Morgan fingerprint density at radius 2 is 2.06 bits per heavy atom. The van der Waals surface area contributed by atoms with Gasteiger partial charge in [-0.25, -0.2) is 0 Å². The predicted molar refractivity (Wildman–Crippen MR) is 78.8 cm³/mol. The summed E-state index contributed by atoms with van der Waals surface area (Å²) in [6, 6.07) is 4.44. The second kappa shape index (κ2) is 6.32. The van der Waals surface area contributed by atoms with Gasteiger partial charge in [-0.2, -0.15) is 0 Å². The molecule has 0 aliphatic carbocycles. The van der Waals surface area contributed by atoms with Crippen molar-refractivity contribution in [3.8, 4) is 0 Å². The number of aliphatic hydroxyl groups excluding tert-OH is 1. The Morgan fingerprint density at radius 1 is 1.41 bits per heavy atom. The lowest BCUT2D eigenvalue weighted by Crippen LogP contribution is -2.43. The Kier molecular flexibility index (Phi) is 5.64. The van der Waals surface area contributed by atoms with Crippen molar-refractivity contribution in [1.29, 1.82) is 0 Å². The molecule has 1 rings (SSSR count). The van der Waals surface area contributed by atoms with Gasteiger partial charge in [-0.3, -0.25) is 0 Å². The standard InChI is InChI=1S/C13H22BrNOS/c1-9(2)10(7-16)15-8-13(3,4)11-5-6-12(14)17-11/h5-6,9-10,15-16H,7-8H2,1-4H3. The summed E-state index contributed by atoms with van der Waals surface area (Å²) in [7, 11) is 0. The zero-order chi connectivity index (χ0) is 13.1. The summed E-state index contributed by atoms with van der Waals surface area (Å²) < 4.78 is 1.17. The van der Waals surface area contributed by atoms with Crippen LogP contribution in [0.25, 0.3) is 0 Å². The van der Waals surface area contributed by atoms with Crippen LogP contribution in [0.5, 0.6) is 0 Å². The molecular formula is C13H22BrNOS. The molecule has 1 atom stereocenters. The molecule has 2 nitrogen and oxygen atoms in total. The number of hydrogen-bond acceptors (Lipinski definition) is 3. The van der Waals surface area contributed by atoms with Crippen LogP contribution in [0, 0.1) is 5.92 Å². The van der Waals surface area contributed by atoms with E-state index in [-0.39, 0.29) is 18.1 Å². The van der Waals surface area contributed by atoms with Gasteiger partial charge in [-0.15, -0.1) is 11.3 Å². The molecule has 0 fully saturated rings. The highest BCUT2D eigenvalue weighted by Crippen LogP contribution is 2.32. The first kappa shape index (κ1) is 15.2. The molecule has 17 heavy (non-hydrogen) atoms. The maximum Gasteiger partial charge on any atom is 0.0701 e. The molecule has 0 aliphatic rings. The van der Waals surface area contributed by atoms with Gasteiger partial charge in [0.15, 0.2) is 0 Å². The summed E-state index contributed by atoms with van der Waals surface area (Å²) in [6.45, 7) is 9.79. The molecule has 2 N–H and O–H groups in total. The van der Waals surface area contributed by atoms with Crippen molar-refractivity contribution in [1.82, 2.24) is 5.32 Å². The van der Waals surface area contributed by atoms with Crippen molar-refractivity contribution in [2.45, 2.75) is 39.2 Å². The zero-order valence-corrected chi connectivity index (χ0v) is 13.4. The minimum absolute atomic E-state index is 0.0962. The topological polar surface area (TPSA) is 32.3 Å². The molecule has 0 radical (unpaired) electrons. The SMILES string of the molecule is CC(C)C(CO)NCC(C)(C)c1ccc(Br)s1. The summed E-state index contributed by atoms with van der Waals surface area (Å²) in [5.74, 6) is 0.450. The zero-order valence-electron chi connectivity index (χ0n) is 11.0. The molecule has 1 aromatic rings. The number of thiophene rings is 1. The minimum atomic E-state index is 0.0962. The van der Waals surface area contributed by atoms with Crippen LogP contribution in [0.1, 0.15) is 32.6 Å². The fraction of sp³-hybridized carbons (Fsp3) is 0.692. The van der Waals surface area contributed by atoms with Gasteiger partial charge >= 0.3 is 0 Å². The van der Waals surface area contributed by atoms with E-state index < -0.39 is 0 Å². The number of halogens is 1. The number of aliphatic hydroxyl groups is 1. The number of nitrogens with one attached hydrogen (secondary N) is 1. The van der Waals surface area contributed by atoms with E-state index in [1.54, 1.807) is 11.3 Å². The molecule has 0 aliphatic heterocycles. The quantitative estimate of drug-likeness (QED) is 0.842. The third-order valence-electron chi connectivity index (χ3n) is 3.05. The lowest BCUT2D eigenvalue weighted by Gasteiger charge is -2.28. The number of hydrogen-bond donors (Lipinski definition) is 2. The van der Waals surface area contributed by atoms with Crippen LogP contribution in [-0.4, -0.2) is 24.3 Å². The molecule has 98 valence electrons. The third kappa shape index (κ3) is 4.36. The molecule has 0 amide bonds. The summed E-state index contributed by atoms with van der Waals surface area (Å²) in [6.07, 6.45) is 0. The summed E-state index contributed by atoms with van der Waals surface area (Å²) in [5, 5.41) is 12.8. The molecule has 0 spiro atoms. The van der Waals surface area contributed by atoms with E-state index in [0.717, 1.165) is 6.54 Å². The lowest BCUT2D eigenvalue weighted by atomic mass is 9.90. The normalized spacial score (nSPS) is 14.3. The first-order valence-corrected chi connectivity index (χ1v) is 7.58. The van der Waals surface area contributed by atoms with Gasteiger partial charge in [0.05, 0.1) is 10.4 Å². The van der Waals surface area contributed by atoms with E-state index in [1.165, 1.54) is 8.66 Å². The Morgan fingerprint density at radius 3 is 2.47 bits per heavy atom. The van der Waals surface area contributed by atoms with E-state index in [1.807, 2.05) is 0 Å². The van der Waals surface area contributed by atoms with Crippen LogP contribution in [0.3, 0.4) is 0 Å². The van der Waals surface area contributed by atoms with Crippen LogP contribution in [0.2, 0.25) is 0 Å². The van der Waals surface area contributed by atoms with Crippen molar-refractivity contribution in [2.75, 3.05) is 13.2 Å².